The van der Waals surface area contributed by atoms with Crippen LogP contribution in [-0.4, -0.2) is 96.7 Å². The average molecular weight is 1470 g/mol. The van der Waals surface area contributed by atoms with E-state index in [9.17, 15) is 43.2 Å². The summed E-state index contributed by atoms with van der Waals surface area (Å²) in [5, 5.41) is 10.6. The highest BCUT2D eigenvalue weighted by Crippen LogP contribution is 2.45. The van der Waals surface area contributed by atoms with Crippen molar-refractivity contribution in [3.63, 3.8) is 0 Å². The van der Waals surface area contributed by atoms with Gasteiger partial charge in [0, 0.05) is 25.7 Å². The van der Waals surface area contributed by atoms with Crippen LogP contribution < -0.4 is 0 Å². The fourth-order valence-corrected chi connectivity index (χ4v) is 14.1. The van der Waals surface area contributed by atoms with E-state index in [1.165, 1.54) is 257 Å². The van der Waals surface area contributed by atoms with Crippen LogP contribution in [0.3, 0.4) is 0 Å². The monoisotopic (exact) mass is 1470 g/mol. The number of hydrogen-bond donors (Lipinski definition) is 3. The van der Waals surface area contributed by atoms with E-state index in [1.54, 1.807) is 0 Å². The Labute approximate surface area is 613 Å². The molecule has 594 valence electrons. The normalized spacial score (nSPS) is 14.1. The zero-order valence-corrected chi connectivity index (χ0v) is 67.1. The lowest BCUT2D eigenvalue weighted by molar-refractivity contribution is -0.161. The summed E-state index contributed by atoms with van der Waals surface area (Å²) in [5.74, 6) is -1.30. The molecule has 0 radical (unpaired) electrons. The second-order valence-electron chi connectivity index (χ2n) is 29.4. The summed E-state index contributed by atoms with van der Waals surface area (Å²) in [4.78, 5) is 73.0. The molecule has 0 aromatic heterocycles. The van der Waals surface area contributed by atoms with E-state index in [1.807, 2.05) is 0 Å². The molecule has 19 heteroatoms. The van der Waals surface area contributed by atoms with Crippen molar-refractivity contribution in [3.8, 4) is 0 Å². The number of carbonyl (C=O) groups excluding carboxylic acids is 4. The van der Waals surface area contributed by atoms with Crippen LogP contribution in [0.2, 0.25) is 0 Å². The van der Waals surface area contributed by atoms with Gasteiger partial charge in [-0.3, -0.25) is 37.3 Å². The number of esters is 4. The van der Waals surface area contributed by atoms with Crippen LogP contribution in [0.5, 0.6) is 0 Å². The van der Waals surface area contributed by atoms with Crippen LogP contribution in [-0.2, 0) is 65.4 Å². The molecule has 0 aliphatic heterocycles. The van der Waals surface area contributed by atoms with E-state index in [0.29, 0.717) is 25.7 Å². The largest absolute Gasteiger partial charge is 0.472 e. The number of aliphatic hydroxyl groups is 1. The van der Waals surface area contributed by atoms with Gasteiger partial charge in [0.25, 0.3) is 0 Å². The number of phosphoric acid groups is 2. The maximum absolute atomic E-state index is 13.1. The topological polar surface area (TPSA) is 237 Å². The smallest absolute Gasteiger partial charge is 0.462 e. The Morgan fingerprint density at radius 1 is 0.280 bits per heavy atom. The first-order valence-corrected chi connectivity index (χ1v) is 45.2. The molecule has 6 atom stereocenters. The van der Waals surface area contributed by atoms with Crippen LogP contribution in [0.1, 0.15) is 433 Å². The van der Waals surface area contributed by atoms with Crippen LogP contribution in [0, 0.1) is 5.92 Å². The Balaban J connectivity index is 5.24. The number of ether oxygens (including phenoxy) is 4. The Bertz CT molecular complexity index is 1910. The van der Waals surface area contributed by atoms with E-state index in [0.717, 1.165) is 95.8 Å². The standard InChI is InChI=1S/C81H158O17P2/c1-6-10-13-16-19-22-25-27-29-30-31-32-33-35-37-40-46-51-56-61-66-80(85)97-76(71-92-79(84)65-60-55-50-45-39-36-34-28-26-23-20-17-14-11-7-2)72-95-99(87,88)93-68-75(82)69-94-100(89,90)96-73-77(70-91-78(83)64-59-54-49-44-38-24-21-18-15-12-8-3)98-81(86)67-62-57-52-47-42-41-43-48-53-58-63-74(5)9-4/h74-77,82H,6-73H2,1-5H3,(H,87,88)(H,89,90)/t74?,75-,76-,77-/m1/s1. The third kappa shape index (κ3) is 73.0. The lowest BCUT2D eigenvalue weighted by Gasteiger charge is -2.21. The first-order valence-electron chi connectivity index (χ1n) is 42.2. The van der Waals surface area contributed by atoms with Gasteiger partial charge in [0.1, 0.15) is 19.3 Å². The van der Waals surface area contributed by atoms with Gasteiger partial charge in [0.2, 0.25) is 0 Å². The first kappa shape index (κ1) is 98.1. The molecule has 0 heterocycles. The van der Waals surface area contributed by atoms with E-state index < -0.39 is 97.5 Å². The van der Waals surface area contributed by atoms with E-state index >= 15 is 0 Å². The molecular weight excluding hydrogens is 1310 g/mol. The Hall–Kier alpha value is -1.94. The molecule has 0 aliphatic carbocycles. The fraction of sp³-hybridized carbons (Fsp3) is 0.951. The minimum atomic E-state index is -4.96. The molecule has 100 heavy (non-hydrogen) atoms. The lowest BCUT2D eigenvalue weighted by Crippen LogP contribution is -2.30. The highest BCUT2D eigenvalue weighted by Gasteiger charge is 2.30. The number of aliphatic hydroxyl groups excluding tert-OH is 1. The summed E-state index contributed by atoms with van der Waals surface area (Å²) in [5.41, 5.74) is 0. The van der Waals surface area contributed by atoms with Crippen molar-refractivity contribution < 1.29 is 80.2 Å². The molecule has 0 bridgehead atoms. The summed E-state index contributed by atoms with van der Waals surface area (Å²) in [6.07, 6.45) is 65.1. The molecule has 0 aromatic carbocycles. The van der Waals surface area contributed by atoms with E-state index in [-0.39, 0.29) is 25.7 Å². The summed E-state index contributed by atoms with van der Waals surface area (Å²) in [6.45, 7) is 7.35. The Kier molecular flexibility index (Phi) is 72.5. The molecule has 17 nitrogen and oxygen atoms in total. The van der Waals surface area contributed by atoms with E-state index in [2.05, 4.69) is 34.6 Å². The molecule has 0 fully saturated rings. The number of unbranched alkanes of at least 4 members (excludes halogenated alkanes) is 52. The van der Waals surface area contributed by atoms with Gasteiger partial charge in [-0.2, -0.15) is 0 Å². The fourth-order valence-electron chi connectivity index (χ4n) is 12.6. The second kappa shape index (κ2) is 73.9. The van der Waals surface area contributed by atoms with Crippen molar-refractivity contribution in [3.05, 3.63) is 0 Å². The Morgan fingerprint density at radius 2 is 0.480 bits per heavy atom. The number of phosphoric ester groups is 2. The summed E-state index contributed by atoms with van der Waals surface area (Å²) in [6, 6.07) is 0. The van der Waals surface area contributed by atoms with Crippen molar-refractivity contribution in [2.75, 3.05) is 39.6 Å². The van der Waals surface area contributed by atoms with Gasteiger partial charge in [-0.15, -0.1) is 0 Å². The molecule has 0 saturated carbocycles. The maximum Gasteiger partial charge on any atom is 0.472 e. The molecule has 0 amide bonds. The highest BCUT2D eigenvalue weighted by molar-refractivity contribution is 7.47. The molecule has 0 aromatic rings. The third-order valence-corrected chi connectivity index (χ3v) is 21.3. The predicted molar refractivity (Wildman–Crippen MR) is 409 cm³/mol. The minimum absolute atomic E-state index is 0.107. The van der Waals surface area contributed by atoms with Gasteiger partial charge in [0.05, 0.1) is 26.4 Å². The maximum atomic E-state index is 13.1. The van der Waals surface area contributed by atoms with Gasteiger partial charge >= 0.3 is 39.5 Å². The molecule has 0 spiro atoms. The first-order chi connectivity index (χ1) is 48.6. The molecule has 0 saturated heterocycles. The van der Waals surface area contributed by atoms with Crippen molar-refractivity contribution in [1.82, 2.24) is 0 Å². The van der Waals surface area contributed by atoms with Crippen molar-refractivity contribution in [2.24, 2.45) is 5.92 Å². The Morgan fingerprint density at radius 3 is 0.710 bits per heavy atom. The lowest BCUT2D eigenvalue weighted by atomic mass is 9.99. The second-order valence-corrected chi connectivity index (χ2v) is 32.3. The zero-order valence-electron chi connectivity index (χ0n) is 65.3. The van der Waals surface area contributed by atoms with Gasteiger partial charge in [-0.1, -0.05) is 381 Å². The summed E-state index contributed by atoms with van der Waals surface area (Å²) >= 11 is 0. The van der Waals surface area contributed by atoms with Gasteiger partial charge in [-0.05, 0) is 31.6 Å². The minimum Gasteiger partial charge on any atom is -0.462 e. The van der Waals surface area contributed by atoms with Gasteiger partial charge < -0.3 is 33.8 Å². The van der Waals surface area contributed by atoms with Gasteiger partial charge in [0.15, 0.2) is 12.2 Å². The van der Waals surface area contributed by atoms with Crippen LogP contribution >= 0.6 is 15.6 Å². The van der Waals surface area contributed by atoms with Crippen molar-refractivity contribution in [1.29, 1.82) is 0 Å². The van der Waals surface area contributed by atoms with Crippen molar-refractivity contribution in [2.45, 2.75) is 451 Å². The SMILES string of the molecule is CCCCCCCCCCCCCCCCCCCCCCC(=O)O[C@H](COC(=O)CCCCCCCCCCCCCCCCC)COP(=O)(O)OC[C@@H](O)COP(=O)(O)OC[C@@H](COC(=O)CCCCCCCCCCCCC)OC(=O)CCCCCCCCCCCCC(C)CC. The highest BCUT2D eigenvalue weighted by atomic mass is 31.2. The number of hydrogen-bond acceptors (Lipinski definition) is 15. The molecule has 0 aliphatic rings. The van der Waals surface area contributed by atoms with Gasteiger partial charge in [-0.25, -0.2) is 9.13 Å². The van der Waals surface area contributed by atoms with E-state index in [4.69, 9.17) is 37.0 Å². The molecule has 3 unspecified atom stereocenters. The zero-order chi connectivity index (χ0) is 73.4. The quantitative estimate of drug-likeness (QED) is 0.0222. The molecule has 3 N–H and O–H groups in total. The van der Waals surface area contributed by atoms with Crippen LogP contribution in [0.15, 0.2) is 0 Å². The molecule has 0 rings (SSSR count). The number of carbonyl (C=O) groups is 4. The third-order valence-electron chi connectivity index (χ3n) is 19.4. The summed E-state index contributed by atoms with van der Waals surface area (Å²) in [7, 11) is -9.92. The van der Waals surface area contributed by atoms with Crippen LogP contribution in [0.4, 0.5) is 0 Å². The average Bonchev–Trinajstić information content (AvgIpc) is 0.963. The van der Waals surface area contributed by atoms with Crippen LogP contribution in [0.25, 0.3) is 0 Å². The molecular formula is C81H158O17P2. The summed E-state index contributed by atoms with van der Waals surface area (Å²) < 4.78 is 68.7. The van der Waals surface area contributed by atoms with Crippen molar-refractivity contribution >= 4 is 39.5 Å². The number of rotatable bonds is 81. The predicted octanol–water partition coefficient (Wildman–Crippen LogP) is 24.4.